The lowest BCUT2D eigenvalue weighted by molar-refractivity contribution is -0.124. The topological polar surface area (TPSA) is 87.0 Å². The van der Waals surface area contributed by atoms with Crippen molar-refractivity contribution in [1.29, 1.82) is 0 Å². The highest BCUT2D eigenvalue weighted by atomic mass is 16.7. The molecule has 2 aromatic rings. The molecule has 0 saturated heterocycles. The van der Waals surface area contributed by atoms with Gasteiger partial charge in [0.2, 0.25) is 6.79 Å². The number of nitrogens with one attached hydrogen (secondary N) is 1. The third kappa shape index (κ3) is 3.20. The Morgan fingerprint density at radius 2 is 2.05 bits per heavy atom. The summed E-state index contributed by atoms with van der Waals surface area (Å²) in [5.41, 5.74) is 1.13. The summed E-state index contributed by atoms with van der Waals surface area (Å²) in [6.07, 6.45) is 2.61. The molecule has 22 heavy (non-hydrogen) atoms. The number of carbonyl (C=O) groups excluding carboxylic acids is 2. The Kier molecular flexibility index (Phi) is 3.95. The van der Waals surface area contributed by atoms with Crippen molar-refractivity contribution in [3.8, 4) is 11.5 Å². The molecule has 0 bridgehead atoms. The van der Waals surface area contributed by atoms with E-state index >= 15 is 0 Å². The van der Waals surface area contributed by atoms with E-state index in [0.717, 1.165) is 5.56 Å². The Morgan fingerprint density at radius 3 is 2.86 bits per heavy atom. The first kappa shape index (κ1) is 14.0. The van der Waals surface area contributed by atoms with Crippen molar-refractivity contribution in [2.45, 2.75) is 6.54 Å². The molecule has 7 nitrogen and oxygen atoms in total. The van der Waals surface area contributed by atoms with E-state index in [9.17, 15) is 9.59 Å². The molecule has 0 atom stereocenters. The maximum atomic E-state index is 11.7. The number of benzene rings is 1. The normalized spacial score (nSPS) is 12.0. The van der Waals surface area contributed by atoms with Gasteiger partial charge in [-0.05, 0) is 23.8 Å². The first-order valence-corrected chi connectivity index (χ1v) is 6.57. The molecule has 1 N–H and O–H groups in total. The second-order valence-corrected chi connectivity index (χ2v) is 4.55. The first-order valence-electron chi connectivity index (χ1n) is 6.57. The molecule has 0 unspecified atom stereocenters. The fourth-order valence-corrected chi connectivity index (χ4v) is 1.90. The van der Waals surface area contributed by atoms with Gasteiger partial charge in [0.25, 0.3) is 5.91 Å². The number of hydrogen-bond acceptors (Lipinski definition) is 6. The Labute approximate surface area is 125 Å². The summed E-state index contributed by atoms with van der Waals surface area (Å²) >= 11 is 0. The second kappa shape index (κ2) is 6.21. The van der Waals surface area contributed by atoms with E-state index in [4.69, 9.17) is 18.6 Å². The van der Waals surface area contributed by atoms with Gasteiger partial charge < -0.3 is 23.9 Å². The predicted molar refractivity (Wildman–Crippen MR) is 73.4 cm³/mol. The highest BCUT2D eigenvalue weighted by Gasteiger charge is 2.14. The molecule has 114 valence electrons. The molecule has 1 amide bonds. The monoisotopic (exact) mass is 303 g/mol. The van der Waals surface area contributed by atoms with Crippen molar-refractivity contribution in [2.24, 2.45) is 0 Å². The molecular formula is C15H13NO6. The van der Waals surface area contributed by atoms with E-state index in [1.807, 2.05) is 6.07 Å². The maximum Gasteiger partial charge on any atom is 0.341 e. The average molecular weight is 303 g/mol. The molecular weight excluding hydrogens is 290 g/mol. The summed E-state index contributed by atoms with van der Waals surface area (Å²) in [6, 6.07) is 6.86. The Balaban J connectivity index is 1.45. The van der Waals surface area contributed by atoms with Gasteiger partial charge in [0.15, 0.2) is 18.1 Å². The SMILES string of the molecule is O=C(COC(=O)c1ccoc1)NCc1ccc2c(c1)OCO2. The van der Waals surface area contributed by atoms with Crippen molar-refractivity contribution in [2.75, 3.05) is 13.4 Å². The number of furan rings is 1. The minimum atomic E-state index is -0.605. The number of amides is 1. The van der Waals surface area contributed by atoms with Gasteiger partial charge in [0, 0.05) is 6.54 Å². The van der Waals surface area contributed by atoms with Crippen LogP contribution in [0.3, 0.4) is 0 Å². The quantitative estimate of drug-likeness (QED) is 0.842. The van der Waals surface area contributed by atoms with Gasteiger partial charge in [-0.3, -0.25) is 4.79 Å². The fraction of sp³-hybridized carbons (Fsp3) is 0.200. The number of ether oxygens (including phenoxy) is 3. The predicted octanol–water partition coefficient (Wildman–Crippen LogP) is 1.48. The van der Waals surface area contributed by atoms with Gasteiger partial charge in [-0.15, -0.1) is 0 Å². The highest BCUT2D eigenvalue weighted by molar-refractivity contribution is 5.90. The van der Waals surface area contributed by atoms with Crippen LogP contribution in [0.5, 0.6) is 11.5 Å². The van der Waals surface area contributed by atoms with Crippen molar-refractivity contribution >= 4 is 11.9 Å². The molecule has 0 fully saturated rings. The molecule has 7 heteroatoms. The fourth-order valence-electron chi connectivity index (χ4n) is 1.90. The van der Waals surface area contributed by atoms with Crippen LogP contribution in [0.2, 0.25) is 0 Å². The summed E-state index contributed by atoms with van der Waals surface area (Å²) in [7, 11) is 0. The molecule has 3 rings (SSSR count). The summed E-state index contributed by atoms with van der Waals surface area (Å²) < 4.78 is 20.1. The van der Waals surface area contributed by atoms with Gasteiger partial charge in [0.05, 0.1) is 11.8 Å². The summed E-state index contributed by atoms with van der Waals surface area (Å²) in [4.78, 5) is 23.2. The molecule has 1 aliphatic rings. The lowest BCUT2D eigenvalue weighted by Gasteiger charge is -2.06. The average Bonchev–Trinajstić information content (AvgIpc) is 3.20. The zero-order valence-electron chi connectivity index (χ0n) is 11.5. The largest absolute Gasteiger partial charge is 0.472 e. The molecule has 0 saturated carbocycles. The van der Waals surface area contributed by atoms with E-state index in [1.54, 1.807) is 12.1 Å². The van der Waals surface area contributed by atoms with Crippen LogP contribution >= 0.6 is 0 Å². The molecule has 1 aliphatic heterocycles. The van der Waals surface area contributed by atoms with Gasteiger partial charge in [0.1, 0.15) is 6.26 Å². The molecule has 0 aliphatic carbocycles. The maximum absolute atomic E-state index is 11.7. The Hall–Kier alpha value is -2.96. The highest BCUT2D eigenvalue weighted by Crippen LogP contribution is 2.32. The van der Waals surface area contributed by atoms with Gasteiger partial charge in [-0.1, -0.05) is 6.07 Å². The first-order chi connectivity index (χ1) is 10.7. The van der Waals surface area contributed by atoms with E-state index in [2.05, 4.69) is 5.32 Å². The van der Waals surface area contributed by atoms with Gasteiger partial charge in [-0.2, -0.15) is 0 Å². The van der Waals surface area contributed by atoms with E-state index in [0.29, 0.717) is 18.0 Å². The number of hydrogen-bond donors (Lipinski definition) is 1. The van der Waals surface area contributed by atoms with Crippen LogP contribution in [-0.4, -0.2) is 25.3 Å². The summed E-state index contributed by atoms with van der Waals surface area (Å²) in [5.74, 6) is 0.337. The van der Waals surface area contributed by atoms with Crippen molar-refractivity contribution in [3.05, 3.63) is 47.9 Å². The van der Waals surface area contributed by atoms with Crippen LogP contribution in [0.1, 0.15) is 15.9 Å². The number of rotatable bonds is 5. The summed E-state index contributed by atoms with van der Waals surface area (Å²) in [5, 5.41) is 2.65. The van der Waals surface area contributed by atoms with Crippen molar-refractivity contribution in [1.82, 2.24) is 5.32 Å². The van der Waals surface area contributed by atoms with E-state index in [-0.39, 0.29) is 19.0 Å². The minimum Gasteiger partial charge on any atom is -0.472 e. The van der Waals surface area contributed by atoms with Gasteiger partial charge in [-0.25, -0.2) is 4.79 Å². The zero-order chi connectivity index (χ0) is 15.4. The van der Waals surface area contributed by atoms with Gasteiger partial charge >= 0.3 is 5.97 Å². The Morgan fingerprint density at radius 1 is 1.18 bits per heavy atom. The summed E-state index contributed by atoms with van der Waals surface area (Å²) in [6.45, 7) is 0.155. The lowest BCUT2D eigenvalue weighted by Crippen LogP contribution is -2.28. The van der Waals surface area contributed by atoms with Crippen LogP contribution in [0.15, 0.2) is 41.2 Å². The number of carbonyl (C=O) groups is 2. The van der Waals surface area contributed by atoms with Crippen LogP contribution in [-0.2, 0) is 16.1 Å². The molecule has 0 radical (unpaired) electrons. The zero-order valence-corrected chi connectivity index (χ0v) is 11.5. The minimum absolute atomic E-state index is 0.203. The van der Waals surface area contributed by atoms with Crippen LogP contribution in [0, 0.1) is 0 Å². The third-order valence-corrected chi connectivity index (χ3v) is 3.02. The van der Waals surface area contributed by atoms with Crippen molar-refractivity contribution < 1.29 is 28.2 Å². The molecule has 1 aromatic carbocycles. The van der Waals surface area contributed by atoms with E-state index < -0.39 is 11.9 Å². The molecule has 0 spiro atoms. The second-order valence-electron chi connectivity index (χ2n) is 4.55. The molecule has 1 aromatic heterocycles. The van der Waals surface area contributed by atoms with Crippen LogP contribution in [0.25, 0.3) is 0 Å². The van der Waals surface area contributed by atoms with E-state index in [1.165, 1.54) is 18.6 Å². The van der Waals surface area contributed by atoms with Crippen LogP contribution < -0.4 is 14.8 Å². The standard InChI is InChI=1S/C15H13NO6/c17-14(8-20-15(18)11-3-4-19-7-11)16-6-10-1-2-12-13(5-10)22-9-21-12/h1-5,7H,6,8-9H2,(H,16,17). The van der Waals surface area contributed by atoms with Crippen LogP contribution in [0.4, 0.5) is 0 Å². The Bertz CT molecular complexity index is 679. The lowest BCUT2D eigenvalue weighted by atomic mass is 10.2. The number of fused-ring (bicyclic) bond motifs is 1. The third-order valence-electron chi connectivity index (χ3n) is 3.02. The number of esters is 1. The molecule has 2 heterocycles. The smallest absolute Gasteiger partial charge is 0.341 e. The van der Waals surface area contributed by atoms with Crippen molar-refractivity contribution in [3.63, 3.8) is 0 Å².